The zero-order valence-corrected chi connectivity index (χ0v) is 21.1. The molecule has 0 aliphatic carbocycles. The van der Waals surface area contributed by atoms with Crippen LogP contribution in [0.4, 0.5) is 10.1 Å². The van der Waals surface area contributed by atoms with Crippen LogP contribution in [0.5, 0.6) is 0 Å². The van der Waals surface area contributed by atoms with Gasteiger partial charge >= 0.3 is 0 Å². The summed E-state index contributed by atoms with van der Waals surface area (Å²) in [5.41, 5.74) is 4.39. The first-order chi connectivity index (χ1) is 17.5. The summed E-state index contributed by atoms with van der Waals surface area (Å²) in [7, 11) is 0. The Balaban J connectivity index is 1.12. The van der Waals surface area contributed by atoms with Gasteiger partial charge in [0.05, 0.1) is 4.47 Å². The highest BCUT2D eigenvalue weighted by Gasteiger charge is 2.25. The number of likely N-dealkylation sites (tertiary alicyclic amines) is 1. The SMILES string of the molecule is O=C(CCc1cccc(Br)c1F)Nc1ccc(C2CCN(C(=O)c3ccc4ncoc4c3)CC2)cc1. The van der Waals surface area contributed by atoms with E-state index in [4.69, 9.17) is 4.42 Å². The van der Waals surface area contributed by atoms with E-state index in [1.807, 2.05) is 29.2 Å². The number of aromatic nitrogens is 1. The number of carbonyl (C=O) groups is 2. The number of hydrogen-bond donors (Lipinski definition) is 1. The minimum atomic E-state index is -0.321. The molecule has 4 aromatic rings. The second-order valence-corrected chi connectivity index (χ2v) is 9.84. The van der Waals surface area contributed by atoms with Crippen molar-refractivity contribution in [2.24, 2.45) is 0 Å². The number of nitrogens with one attached hydrogen (secondary N) is 1. The number of fused-ring (bicyclic) bond motifs is 1. The highest BCUT2D eigenvalue weighted by molar-refractivity contribution is 9.10. The van der Waals surface area contributed by atoms with E-state index in [0.717, 1.165) is 18.4 Å². The van der Waals surface area contributed by atoms with Crippen LogP contribution in [0.25, 0.3) is 11.1 Å². The summed E-state index contributed by atoms with van der Waals surface area (Å²) in [5.74, 6) is -0.113. The molecular formula is C28H25BrFN3O3. The molecule has 36 heavy (non-hydrogen) atoms. The molecule has 1 fully saturated rings. The summed E-state index contributed by atoms with van der Waals surface area (Å²) in [4.78, 5) is 31.3. The van der Waals surface area contributed by atoms with Gasteiger partial charge in [0.15, 0.2) is 12.0 Å². The standard InChI is InChI=1S/C28H25BrFN3O3/c29-23-3-1-2-20(27(23)30)7-11-26(34)32-22-8-4-18(5-9-22)19-12-14-33(15-13-19)28(35)21-6-10-24-25(16-21)36-17-31-24/h1-6,8-10,16-17,19H,7,11-15H2,(H,32,34). The van der Waals surface area contributed by atoms with Crippen LogP contribution in [-0.2, 0) is 11.2 Å². The molecule has 0 atom stereocenters. The maximum absolute atomic E-state index is 14.1. The predicted octanol–water partition coefficient (Wildman–Crippen LogP) is 6.32. The van der Waals surface area contributed by atoms with Crippen LogP contribution in [0, 0.1) is 5.82 Å². The number of piperidine rings is 1. The largest absolute Gasteiger partial charge is 0.443 e. The van der Waals surface area contributed by atoms with Crippen molar-refractivity contribution in [1.82, 2.24) is 9.88 Å². The van der Waals surface area contributed by atoms with E-state index in [1.54, 1.807) is 36.4 Å². The number of anilines is 1. The molecule has 1 saturated heterocycles. The van der Waals surface area contributed by atoms with Gasteiger partial charge in [-0.1, -0.05) is 24.3 Å². The normalized spacial score (nSPS) is 14.2. The van der Waals surface area contributed by atoms with Crippen LogP contribution >= 0.6 is 15.9 Å². The van der Waals surface area contributed by atoms with Crippen LogP contribution in [0.15, 0.2) is 75.9 Å². The molecule has 3 aromatic carbocycles. The highest BCUT2D eigenvalue weighted by atomic mass is 79.9. The molecule has 8 heteroatoms. The van der Waals surface area contributed by atoms with Crippen LogP contribution in [0.1, 0.15) is 46.7 Å². The fraction of sp³-hybridized carbons (Fsp3) is 0.250. The molecule has 6 nitrogen and oxygen atoms in total. The number of oxazole rings is 1. The number of carbonyl (C=O) groups excluding carboxylic acids is 2. The van der Waals surface area contributed by atoms with Crippen molar-refractivity contribution in [1.29, 1.82) is 0 Å². The van der Waals surface area contributed by atoms with E-state index in [1.165, 1.54) is 12.0 Å². The maximum atomic E-state index is 14.1. The number of nitrogens with zero attached hydrogens (tertiary/aromatic N) is 2. The van der Waals surface area contributed by atoms with E-state index < -0.39 is 0 Å². The lowest BCUT2D eigenvalue weighted by Crippen LogP contribution is -2.37. The van der Waals surface area contributed by atoms with E-state index in [2.05, 4.69) is 26.2 Å². The predicted molar refractivity (Wildman–Crippen MR) is 139 cm³/mol. The molecule has 1 aromatic heterocycles. The molecular weight excluding hydrogens is 525 g/mol. The minimum Gasteiger partial charge on any atom is -0.443 e. The van der Waals surface area contributed by atoms with Gasteiger partial charge in [-0.2, -0.15) is 0 Å². The molecule has 0 radical (unpaired) electrons. The summed E-state index contributed by atoms with van der Waals surface area (Å²) >= 11 is 3.17. The minimum absolute atomic E-state index is 0.00699. The van der Waals surface area contributed by atoms with Crippen molar-refractivity contribution in [3.63, 3.8) is 0 Å². The van der Waals surface area contributed by atoms with Gasteiger partial charge in [-0.25, -0.2) is 9.37 Å². The van der Waals surface area contributed by atoms with Gasteiger partial charge in [0, 0.05) is 30.8 Å². The highest BCUT2D eigenvalue weighted by Crippen LogP contribution is 2.30. The van der Waals surface area contributed by atoms with Gasteiger partial charge in [-0.3, -0.25) is 9.59 Å². The number of halogens is 2. The third-order valence-corrected chi connectivity index (χ3v) is 7.29. The molecule has 0 saturated carbocycles. The molecule has 2 heterocycles. The van der Waals surface area contributed by atoms with Crippen LogP contribution in [0.3, 0.4) is 0 Å². The van der Waals surface area contributed by atoms with Gasteiger partial charge < -0.3 is 14.6 Å². The summed E-state index contributed by atoms with van der Waals surface area (Å²) in [5, 5.41) is 2.89. The van der Waals surface area contributed by atoms with Crippen molar-refractivity contribution >= 4 is 44.5 Å². The average Bonchev–Trinajstić information content (AvgIpc) is 3.38. The van der Waals surface area contributed by atoms with Crippen molar-refractivity contribution in [3.8, 4) is 0 Å². The summed E-state index contributed by atoms with van der Waals surface area (Å²) < 4.78 is 19.8. The fourth-order valence-electron chi connectivity index (χ4n) is 4.64. The third kappa shape index (κ3) is 5.33. The molecule has 184 valence electrons. The topological polar surface area (TPSA) is 75.4 Å². The number of aryl methyl sites for hydroxylation is 1. The Morgan fingerprint density at radius 3 is 2.64 bits per heavy atom. The number of benzene rings is 3. The molecule has 1 aliphatic rings. The quantitative estimate of drug-likeness (QED) is 0.305. The van der Waals surface area contributed by atoms with E-state index in [0.29, 0.717) is 52.3 Å². The Hall–Kier alpha value is -3.52. The molecule has 1 N–H and O–H groups in total. The fourth-order valence-corrected chi connectivity index (χ4v) is 5.05. The zero-order valence-electron chi connectivity index (χ0n) is 19.5. The average molecular weight is 550 g/mol. The van der Waals surface area contributed by atoms with E-state index in [9.17, 15) is 14.0 Å². The monoisotopic (exact) mass is 549 g/mol. The lowest BCUT2D eigenvalue weighted by molar-refractivity contribution is -0.116. The molecule has 0 unspecified atom stereocenters. The maximum Gasteiger partial charge on any atom is 0.253 e. The smallest absolute Gasteiger partial charge is 0.253 e. The summed E-state index contributed by atoms with van der Waals surface area (Å²) in [6, 6.07) is 18.3. The lowest BCUT2D eigenvalue weighted by atomic mass is 9.89. The van der Waals surface area contributed by atoms with Gasteiger partial charge in [0.1, 0.15) is 11.3 Å². The van der Waals surface area contributed by atoms with Gasteiger partial charge in [0.2, 0.25) is 5.91 Å². The molecule has 1 aliphatic heterocycles. The first-order valence-electron chi connectivity index (χ1n) is 11.9. The van der Waals surface area contributed by atoms with Gasteiger partial charge in [0.25, 0.3) is 5.91 Å². The van der Waals surface area contributed by atoms with Gasteiger partial charge in [-0.05, 0) is 88.6 Å². The van der Waals surface area contributed by atoms with E-state index in [-0.39, 0.29) is 24.1 Å². The third-order valence-electron chi connectivity index (χ3n) is 6.68. The van der Waals surface area contributed by atoms with Crippen molar-refractivity contribution in [2.75, 3.05) is 18.4 Å². The first kappa shape index (κ1) is 24.2. The molecule has 0 spiro atoms. The lowest BCUT2D eigenvalue weighted by Gasteiger charge is -2.32. The Morgan fingerprint density at radius 2 is 1.86 bits per heavy atom. The number of hydrogen-bond acceptors (Lipinski definition) is 4. The Bertz CT molecular complexity index is 1390. The zero-order chi connectivity index (χ0) is 25.1. The second kappa shape index (κ2) is 10.6. The van der Waals surface area contributed by atoms with Crippen LogP contribution in [0.2, 0.25) is 0 Å². The van der Waals surface area contributed by atoms with Crippen LogP contribution in [-0.4, -0.2) is 34.8 Å². The van der Waals surface area contributed by atoms with Crippen molar-refractivity contribution in [2.45, 2.75) is 31.6 Å². The van der Waals surface area contributed by atoms with Crippen LogP contribution < -0.4 is 5.32 Å². The Labute approximate surface area is 216 Å². The van der Waals surface area contributed by atoms with E-state index >= 15 is 0 Å². The summed E-state index contributed by atoms with van der Waals surface area (Å²) in [6.07, 6.45) is 3.66. The van der Waals surface area contributed by atoms with Gasteiger partial charge in [-0.15, -0.1) is 0 Å². The molecule has 2 amide bonds. The van der Waals surface area contributed by atoms with Crippen molar-refractivity contribution in [3.05, 3.63) is 94.0 Å². The Kier molecular flexibility index (Phi) is 7.13. The molecule has 5 rings (SSSR count). The number of amides is 2. The Morgan fingerprint density at radius 1 is 1.08 bits per heavy atom. The molecule has 0 bridgehead atoms. The number of rotatable bonds is 6. The van der Waals surface area contributed by atoms with Crippen molar-refractivity contribution < 1.29 is 18.4 Å². The second-order valence-electron chi connectivity index (χ2n) is 8.98. The summed E-state index contributed by atoms with van der Waals surface area (Å²) in [6.45, 7) is 1.37. The first-order valence-corrected chi connectivity index (χ1v) is 12.7.